The highest BCUT2D eigenvalue weighted by molar-refractivity contribution is 5.68. The lowest BCUT2D eigenvalue weighted by atomic mass is 10.1. The van der Waals surface area contributed by atoms with E-state index in [1.807, 2.05) is 19.1 Å². The van der Waals surface area contributed by atoms with Crippen LogP contribution in [0.2, 0.25) is 0 Å². The zero-order valence-corrected chi connectivity index (χ0v) is 9.12. The van der Waals surface area contributed by atoms with E-state index >= 15 is 0 Å². The Balaban J connectivity index is 2.82. The molecule has 82 valence electrons. The first-order valence-corrected chi connectivity index (χ1v) is 5.13. The summed E-state index contributed by atoms with van der Waals surface area (Å²) in [6.07, 6.45) is 1.83. The predicted octanol–water partition coefficient (Wildman–Crippen LogP) is 2.27. The van der Waals surface area contributed by atoms with Gasteiger partial charge in [0.1, 0.15) is 5.75 Å². The van der Waals surface area contributed by atoms with Crippen molar-refractivity contribution in [3.05, 3.63) is 29.3 Å². The first-order chi connectivity index (χ1) is 7.17. The lowest BCUT2D eigenvalue weighted by molar-refractivity contribution is -0.139. The van der Waals surface area contributed by atoms with Crippen LogP contribution < -0.4 is 4.74 Å². The Morgan fingerprint density at radius 1 is 1.33 bits per heavy atom. The van der Waals surface area contributed by atoms with Gasteiger partial charge >= 0.3 is 5.97 Å². The molecule has 0 heterocycles. The van der Waals surface area contributed by atoms with Crippen molar-refractivity contribution in [1.82, 2.24) is 0 Å². The maximum absolute atomic E-state index is 10.4. The largest absolute Gasteiger partial charge is 0.482 e. The zero-order valence-electron chi connectivity index (χ0n) is 9.12. The van der Waals surface area contributed by atoms with Gasteiger partial charge in [-0.25, -0.2) is 4.79 Å². The molecule has 0 radical (unpaired) electrons. The Morgan fingerprint density at radius 2 is 2.07 bits per heavy atom. The van der Waals surface area contributed by atoms with Crippen LogP contribution in [-0.4, -0.2) is 17.7 Å². The summed E-state index contributed by atoms with van der Waals surface area (Å²) in [5.41, 5.74) is 2.31. The molecule has 1 rings (SSSR count). The van der Waals surface area contributed by atoms with E-state index in [4.69, 9.17) is 9.84 Å². The van der Waals surface area contributed by atoms with Gasteiger partial charge in [-0.1, -0.05) is 26.0 Å². The van der Waals surface area contributed by atoms with Crippen LogP contribution in [0, 0.1) is 0 Å². The van der Waals surface area contributed by atoms with Gasteiger partial charge in [-0.3, -0.25) is 0 Å². The standard InChI is InChI=1S/C12H16O3/c1-3-9-5-6-11(10(4-2)7-9)15-8-12(13)14/h5-7H,3-4,8H2,1-2H3,(H,13,14). The third kappa shape index (κ3) is 3.27. The monoisotopic (exact) mass is 208 g/mol. The average Bonchev–Trinajstić information content (AvgIpc) is 2.25. The summed E-state index contributed by atoms with van der Waals surface area (Å²) in [7, 11) is 0. The van der Waals surface area contributed by atoms with Gasteiger partial charge in [0, 0.05) is 0 Å². The highest BCUT2D eigenvalue weighted by Gasteiger charge is 2.05. The van der Waals surface area contributed by atoms with Crippen LogP contribution >= 0.6 is 0 Å². The minimum atomic E-state index is -0.948. The second-order valence-electron chi connectivity index (χ2n) is 3.33. The van der Waals surface area contributed by atoms with Crippen LogP contribution in [0.4, 0.5) is 0 Å². The SMILES string of the molecule is CCc1ccc(OCC(=O)O)c(CC)c1. The molecule has 0 aliphatic rings. The fourth-order valence-electron chi connectivity index (χ4n) is 1.41. The van der Waals surface area contributed by atoms with E-state index < -0.39 is 5.97 Å². The molecule has 0 saturated heterocycles. The number of carboxylic acids is 1. The predicted molar refractivity (Wildman–Crippen MR) is 58.3 cm³/mol. The van der Waals surface area contributed by atoms with Crippen molar-refractivity contribution in [2.75, 3.05) is 6.61 Å². The Labute approximate surface area is 89.7 Å². The maximum Gasteiger partial charge on any atom is 0.341 e. The van der Waals surface area contributed by atoms with Gasteiger partial charge < -0.3 is 9.84 Å². The molecule has 1 aromatic carbocycles. The molecule has 0 atom stereocenters. The van der Waals surface area contributed by atoms with Crippen molar-refractivity contribution in [3.63, 3.8) is 0 Å². The summed E-state index contributed by atoms with van der Waals surface area (Å²) >= 11 is 0. The molecule has 0 fully saturated rings. The molecule has 0 aromatic heterocycles. The smallest absolute Gasteiger partial charge is 0.341 e. The summed E-state index contributed by atoms with van der Waals surface area (Å²) in [4.78, 5) is 10.4. The van der Waals surface area contributed by atoms with Crippen LogP contribution in [0.5, 0.6) is 5.75 Å². The lowest BCUT2D eigenvalue weighted by Gasteiger charge is -2.09. The van der Waals surface area contributed by atoms with Crippen LogP contribution in [0.3, 0.4) is 0 Å². The van der Waals surface area contributed by atoms with Crippen molar-refractivity contribution in [3.8, 4) is 5.75 Å². The van der Waals surface area contributed by atoms with E-state index in [1.54, 1.807) is 0 Å². The van der Waals surface area contributed by atoms with Crippen molar-refractivity contribution in [2.24, 2.45) is 0 Å². The minimum absolute atomic E-state index is 0.279. The maximum atomic E-state index is 10.4. The van der Waals surface area contributed by atoms with Crippen LogP contribution in [-0.2, 0) is 17.6 Å². The molecule has 1 aromatic rings. The van der Waals surface area contributed by atoms with E-state index in [1.165, 1.54) is 5.56 Å². The third-order valence-electron chi connectivity index (χ3n) is 2.27. The van der Waals surface area contributed by atoms with Gasteiger partial charge in [0.25, 0.3) is 0 Å². The van der Waals surface area contributed by atoms with E-state index in [2.05, 4.69) is 13.0 Å². The molecule has 0 bridgehead atoms. The third-order valence-corrected chi connectivity index (χ3v) is 2.27. The number of carbonyl (C=O) groups is 1. The summed E-state index contributed by atoms with van der Waals surface area (Å²) in [6.45, 7) is 3.84. The molecule has 0 saturated carbocycles. The number of rotatable bonds is 5. The van der Waals surface area contributed by atoms with E-state index in [0.29, 0.717) is 5.75 Å². The Hall–Kier alpha value is -1.51. The number of hydrogen-bond donors (Lipinski definition) is 1. The topological polar surface area (TPSA) is 46.5 Å². The van der Waals surface area contributed by atoms with E-state index in [9.17, 15) is 4.79 Å². The number of aliphatic carboxylic acids is 1. The highest BCUT2D eigenvalue weighted by Crippen LogP contribution is 2.21. The van der Waals surface area contributed by atoms with Crippen LogP contribution in [0.25, 0.3) is 0 Å². The quantitative estimate of drug-likeness (QED) is 0.807. The minimum Gasteiger partial charge on any atom is -0.482 e. The summed E-state index contributed by atoms with van der Waals surface area (Å²) in [6, 6.07) is 5.88. The molecule has 3 heteroatoms. The fourth-order valence-corrected chi connectivity index (χ4v) is 1.41. The van der Waals surface area contributed by atoms with Gasteiger partial charge in [-0.05, 0) is 30.0 Å². The van der Waals surface area contributed by atoms with Gasteiger partial charge in [-0.15, -0.1) is 0 Å². The second kappa shape index (κ2) is 5.39. The van der Waals surface area contributed by atoms with Gasteiger partial charge in [0.15, 0.2) is 6.61 Å². The number of carboxylic acid groups (broad SMARTS) is 1. The van der Waals surface area contributed by atoms with E-state index in [0.717, 1.165) is 18.4 Å². The Kier molecular flexibility index (Phi) is 4.16. The summed E-state index contributed by atoms with van der Waals surface area (Å²) < 4.78 is 5.19. The molecular weight excluding hydrogens is 192 g/mol. The molecule has 0 aliphatic carbocycles. The average molecular weight is 208 g/mol. The number of benzene rings is 1. The molecule has 0 aliphatic heterocycles. The number of ether oxygens (including phenoxy) is 1. The first-order valence-electron chi connectivity index (χ1n) is 5.13. The fraction of sp³-hybridized carbons (Fsp3) is 0.417. The van der Waals surface area contributed by atoms with Crippen molar-refractivity contribution in [2.45, 2.75) is 26.7 Å². The number of hydrogen-bond acceptors (Lipinski definition) is 2. The van der Waals surface area contributed by atoms with Crippen LogP contribution in [0.1, 0.15) is 25.0 Å². The first kappa shape index (κ1) is 11.6. The van der Waals surface area contributed by atoms with E-state index in [-0.39, 0.29) is 6.61 Å². The zero-order chi connectivity index (χ0) is 11.3. The van der Waals surface area contributed by atoms with Crippen molar-refractivity contribution >= 4 is 5.97 Å². The molecule has 0 amide bonds. The Morgan fingerprint density at radius 3 is 2.60 bits per heavy atom. The second-order valence-corrected chi connectivity index (χ2v) is 3.33. The summed E-state index contributed by atoms with van der Waals surface area (Å²) in [5, 5.41) is 8.51. The molecule has 1 N–H and O–H groups in total. The Bertz CT molecular complexity index is 345. The highest BCUT2D eigenvalue weighted by atomic mass is 16.5. The molecule has 15 heavy (non-hydrogen) atoms. The molecule has 0 unspecified atom stereocenters. The molecule has 0 spiro atoms. The summed E-state index contributed by atoms with van der Waals surface area (Å²) in [5.74, 6) is -0.270. The molecular formula is C12H16O3. The number of aryl methyl sites for hydroxylation is 2. The van der Waals surface area contributed by atoms with Gasteiger partial charge in [0.2, 0.25) is 0 Å². The van der Waals surface area contributed by atoms with Gasteiger partial charge in [-0.2, -0.15) is 0 Å². The molecule has 3 nitrogen and oxygen atoms in total. The lowest BCUT2D eigenvalue weighted by Crippen LogP contribution is -2.10. The van der Waals surface area contributed by atoms with Gasteiger partial charge in [0.05, 0.1) is 0 Å². The van der Waals surface area contributed by atoms with Crippen molar-refractivity contribution in [1.29, 1.82) is 0 Å². The van der Waals surface area contributed by atoms with Crippen LogP contribution in [0.15, 0.2) is 18.2 Å². The van der Waals surface area contributed by atoms with Crippen molar-refractivity contribution < 1.29 is 14.6 Å². The normalized spacial score (nSPS) is 10.0.